The summed E-state index contributed by atoms with van der Waals surface area (Å²) in [6.07, 6.45) is -0.209. The largest absolute Gasteiger partial charge is 0.445 e. The molecule has 0 saturated heterocycles. The summed E-state index contributed by atoms with van der Waals surface area (Å²) < 4.78 is 6.37. The molecule has 0 aromatic heterocycles. The Kier molecular flexibility index (Phi) is 6.90. The Morgan fingerprint density at radius 1 is 1.03 bits per heavy atom. The average Bonchev–Trinajstić information content (AvgIpc) is 3.13. The van der Waals surface area contributed by atoms with Gasteiger partial charge in [0.1, 0.15) is 12.6 Å². The van der Waals surface area contributed by atoms with Gasteiger partial charge < -0.3 is 15.0 Å². The lowest BCUT2D eigenvalue weighted by Gasteiger charge is -2.27. The van der Waals surface area contributed by atoms with Gasteiger partial charge in [-0.3, -0.25) is 4.79 Å². The summed E-state index contributed by atoms with van der Waals surface area (Å²) in [5.74, 6) is -0.120. The number of nitrogens with one attached hydrogen (secondary N) is 1. The summed E-state index contributed by atoms with van der Waals surface area (Å²) in [6.45, 7) is 2.68. The van der Waals surface area contributed by atoms with Crippen molar-refractivity contribution in [2.75, 3.05) is 0 Å². The fourth-order valence-corrected chi connectivity index (χ4v) is 4.44. The van der Waals surface area contributed by atoms with Gasteiger partial charge in [0, 0.05) is 17.4 Å². The Hall–Kier alpha value is -3.12. The highest BCUT2D eigenvalue weighted by Crippen LogP contribution is 2.35. The maximum atomic E-state index is 13.6. The van der Waals surface area contributed by atoms with Crippen LogP contribution in [0.25, 0.3) is 0 Å². The maximum absolute atomic E-state index is 13.6. The number of halogens is 1. The molecule has 1 aliphatic rings. The molecule has 1 heterocycles. The molecule has 5 nitrogen and oxygen atoms in total. The highest BCUT2D eigenvalue weighted by atomic mass is 79.9. The molecular weight excluding hydrogens is 468 g/mol. The second kappa shape index (κ2) is 10.0. The van der Waals surface area contributed by atoms with Gasteiger partial charge in [-0.15, -0.1) is 0 Å². The third kappa shape index (κ3) is 5.19. The maximum Gasteiger partial charge on any atom is 0.408 e. The summed E-state index contributed by atoms with van der Waals surface area (Å²) in [4.78, 5) is 28.0. The molecule has 3 aromatic carbocycles. The normalized spacial score (nSPS) is 15.7. The summed E-state index contributed by atoms with van der Waals surface area (Å²) in [5, 5.41) is 2.81. The summed E-state index contributed by atoms with van der Waals surface area (Å²) in [6, 6.07) is 24.5. The number of carbonyl (C=O) groups excluding carboxylic acids is 2. The van der Waals surface area contributed by atoms with Crippen molar-refractivity contribution in [1.29, 1.82) is 0 Å². The van der Waals surface area contributed by atoms with E-state index in [-0.39, 0.29) is 18.6 Å². The van der Waals surface area contributed by atoms with Crippen LogP contribution in [0.2, 0.25) is 0 Å². The van der Waals surface area contributed by atoms with Gasteiger partial charge in [0.05, 0.1) is 6.04 Å². The predicted molar refractivity (Wildman–Crippen MR) is 127 cm³/mol. The van der Waals surface area contributed by atoms with Crippen molar-refractivity contribution in [1.82, 2.24) is 10.2 Å². The number of carbonyl (C=O) groups is 2. The fourth-order valence-electron chi connectivity index (χ4n) is 4.03. The zero-order valence-corrected chi connectivity index (χ0v) is 19.4. The van der Waals surface area contributed by atoms with Crippen LogP contribution in [-0.2, 0) is 29.1 Å². The number of alkyl carbamates (subject to hydrolysis) is 1. The Labute approximate surface area is 196 Å². The zero-order chi connectivity index (χ0) is 22.5. The van der Waals surface area contributed by atoms with Gasteiger partial charge in [-0.05, 0) is 41.3 Å². The predicted octanol–water partition coefficient (Wildman–Crippen LogP) is 5.39. The van der Waals surface area contributed by atoms with E-state index in [2.05, 4.69) is 21.2 Å². The Morgan fingerprint density at radius 3 is 2.38 bits per heavy atom. The lowest BCUT2D eigenvalue weighted by molar-refractivity contribution is -0.135. The molecular formula is C26H25BrN2O3. The van der Waals surface area contributed by atoms with Gasteiger partial charge in [0.25, 0.3) is 0 Å². The SMILES string of the molecule is CC1c2ccc(Br)cc2CN1C(=O)[C@H](Cc1ccccc1)NC(=O)OCc1ccccc1. The van der Waals surface area contributed by atoms with E-state index in [0.717, 1.165) is 26.7 Å². The molecule has 1 N–H and O–H groups in total. The van der Waals surface area contributed by atoms with Gasteiger partial charge in [-0.25, -0.2) is 4.79 Å². The van der Waals surface area contributed by atoms with Crippen molar-refractivity contribution in [2.24, 2.45) is 0 Å². The minimum absolute atomic E-state index is 0.0639. The summed E-state index contributed by atoms with van der Waals surface area (Å²) >= 11 is 3.51. The molecule has 1 aliphatic heterocycles. The van der Waals surface area contributed by atoms with E-state index in [9.17, 15) is 9.59 Å². The van der Waals surface area contributed by atoms with Crippen molar-refractivity contribution in [3.63, 3.8) is 0 Å². The standard InChI is InChI=1S/C26H25BrN2O3/c1-18-23-13-12-22(27)15-21(23)16-29(18)25(30)24(14-19-8-4-2-5-9-19)28-26(31)32-17-20-10-6-3-7-11-20/h2-13,15,18,24H,14,16-17H2,1H3,(H,28,31)/t18?,24-/m0/s1. The molecule has 0 aliphatic carbocycles. The first-order valence-corrected chi connectivity index (χ1v) is 11.4. The van der Waals surface area contributed by atoms with E-state index in [0.29, 0.717) is 13.0 Å². The molecule has 0 fully saturated rings. The molecule has 0 bridgehead atoms. The van der Waals surface area contributed by atoms with Crippen LogP contribution in [0.5, 0.6) is 0 Å². The first-order chi connectivity index (χ1) is 15.5. The van der Waals surface area contributed by atoms with Crippen molar-refractivity contribution < 1.29 is 14.3 Å². The topological polar surface area (TPSA) is 58.6 Å². The van der Waals surface area contributed by atoms with E-state index in [1.807, 2.05) is 90.7 Å². The number of fused-ring (bicyclic) bond motifs is 1. The van der Waals surface area contributed by atoms with E-state index in [1.165, 1.54) is 0 Å². The molecule has 2 amide bonds. The molecule has 0 spiro atoms. The molecule has 164 valence electrons. The van der Waals surface area contributed by atoms with E-state index < -0.39 is 12.1 Å². The Bertz CT molecular complexity index is 1090. The highest BCUT2D eigenvalue weighted by Gasteiger charge is 2.35. The minimum atomic E-state index is -0.721. The van der Waals surface area contributed by atoms with Gasteiger partial charge >= 0.3 is 6.09 Å². The fraction of sp³-hybridized carbons (Fsp3) is 0.231. The number of hydrogen-bond acceptors (Lipinski definition) is 3. The Morgan fingerprint density at radius 2 is 1.69 bits per heavy atom. The highest BCUT2D eigenvalue weighted by molar-refractivity contribution is 9.10. The second-order valence-electron chi connectivity index (χ2n) is 7.93. The Balaban J connectivity index is 1.48. The minimum Gasteiger partial charge on any atom is -0.445 e. The van der Waals surface area contributed by atoms with Gasteiger partial charge in [-0.2, -0.15) is 0 Å². The second-order valence-corrected chi connectivity index (χ2v) is 8.85. The van der Waals surface area contributed by atoms with Crippen LogP contribution in [0.1, 0.15) is 35.2 Å². The van der Waals surface area contributed by atoms with Crippen molar-refractivity contribution in [3.05, 3.63) is 106 Å². The van der Waals surface area contributed by atoms with Crippen LogP contribution in [-0.4, -0.2) is 22.9 Å². The van der Waals surface area contributed by atoms with Crippen molar-refractivity contribution in [3.8, 4) is 0 Å². The molecule has 0 radical (unpaired) electrons. The molecule has 2 atom stereocenters. The molecule has 3 aromatic rings. The molecule has 4 rings (SSSR count). The number of nitrogens with zero attached hydrogens (tertiary/aromatic N) is 1. The van der Waals surface area contributed by atoms with Crippen LogP contribution in [0.4, 0.5) is 4.79 Å². The number of amides is 2. The number of rotatable bonds is 6. The molecule has 1 unspecified atom stereocenters. The van der Waals surface area contributed by atoms with Crippen LogP contribution in [0.15, 0.2) is 83.3 Å². The van der Waals surface area contributed by atoms with Gasteiger partial charge in [0.2, 0.25) is 5.91 Å². The summed E-state index contributed by atoms with van der Waals surface area (Å²) in [5.41, 5.74) is 4.11. The first-order valence-electron chi connectivity index (χ1n) is 10.6. The molecule has 32 heavy (non-hydrogen) atoms. The van der Waals surface area contributed by atoms with Crippen LogP contribution >= 0.6 is 15.9 Å². The lowest BCUT2D eigenvalue weighted by atomic mass is 10.0. The van der Waals surface area contributed by atoms with Gasteiger partial charge in [-0.1, -0.05) is 82.7 Å². The van der Waals surface area contributed by atoms with Crippen LogP contribution in [0, 0.1) is 0 Å². The van der Waals surface area contributed by atoms with Crippen molar-refractivity contribution >= 4 is 27.9 Å². The third-order valence-electron chi connectivity index (χ3n) is 5.73. The smallest absolute Gasteiger partial charge is 0.408 e. The quantitative estimate of drug-likeness (QED) is 0.501. The van der Waals surface area contributed by atoms with E-state index in [1.54, 1.807) is 0 Å². The van der Waals surface area contributed by atoms with E-state index >= 15 is 0 Å². The molecule has 0 saturated carbocycles. The summed E-state index contributed by atoms with van der Waals surface area (Å²) in [7, 11) is 0. The monoisotopic (exact) mass is 492 g/mol. The van der Waals surface area contributed by atoms with E-state index in [4.69, 9.17) is 4.74 Å². The van der Waals surface area contributed by atoms with Crippen molar-refractivity contribution in [2.45, 2.75) is 38.6 Å². The van der Waals surface area contributed by atoms with Crippen LogP contribution < -0.4 is 5.32 Å². The lowest BCUT2D eigenvalue weighted by Crippen LogP contribution is -2.49. The van der Waals surface area contributed by atoms with Crippen LogP contribution in [0.3, 0.4) is 0 Å². The first kappa shape index (κ1) is 22.1. The number of benzene rings is 3. The third-order valence-corrected chi connectivity index (χ3v) is 6.23. The zero-order valence-electron chi connectivity index (χ0n) is 17.8. The number of hydrogen-bond donors (Lipinski definition) is 1. The molecule has 6 heteroatoms. The number of ether oxygens (including phenoxy) is 1. The average molecular weight is 493 g/mol. The van der Waals surface area contributed by atoms with Gasteiger partial charge in [0.15, 0.2) is 0 Å².